The Kier molecular flexibility index (Phi) is 39.5. The van der Waals surface area contributed by atoms with Gasteiger partial charge in [-0.05, 0) is 63.7 Å². The molecule has 136 heavy (non-hydrogen) atoms. The van der Waals surface area contributed by atoms with Crippen LogP contribution < -0.4 is 0 Å². The summed E-state index contributed by atoms with van der Waals surface area (Å²) in [5.74, 6) is 0. The molecule has 0 aliphatic carbocycles. The molecular weight excluding hydrogens is 2370 g/mol. The summed E-state index contributed by atoms with van der Waals surface area (Å²) < 4.78 is 0. The van der Waals surface area contributed by atoms with Crippen molar-refractivity contribution in [2.24, 2.45) is 0 Å². The fraction of sp³-hybridized carbons (Fsp3) is 0.0156. The van der Waals surface area contributed by atoms with Gasteiger partial charge in [-0.25, -0.2) is 44.5 Å². The number of hydrogen-bond acceptors (Lipinski definition) is 4. The van der Waals surface area contributed by atoms with Gasteiger partial charge in [0.05, 0.1) is 0 Å². The summed E-state index contributed by atoms with van der Waals surface area (Å²) in [5, 5.41) is 9.69. The third kappa shape index (κ3) is 28.3. The molecule has 0 aliphatic heterocycles. The number of pyridine rings is 4. The van der Waals surface area contributed by atoms with Gasteiger partial charge in [0.25, 0.3) is 0 Å². The number of fused-ring (bicyclic) bond motifs is 4. The first-order valence-electron chi connectivity index (χ1n) is 43.7. The van der Waals surface area contributed by atoms with Crippen LogP contribution in [0.15, 0.2) is 498 Å². The second-order valence-corrected chi connectivity index (χ2v) is 30.6. The molecule has 0 radical (unpaired) electrons. The van der Waals surface area contributed by atoms with E-state index in [1.54, 1.807) is 0 Å². The molecule has 4 heterocycles. The minimum Gasteiger partial charge on any atom is -0.305 e. The van der Waals surface area contributed by atoms with Crippen molar-refractivity contribution in [3.8, 4) is 123 Å². The monoisotopic (exact) mass is 2460 g/mol. The molecule has 0 saturated carbocycles. The molecule has 4 nitrogen and oxygen atoms in total. The summed E-state index contributed by atoms with van der Waals surface area (Å²) in [6, 6.07) is 198. The zero-order valence-electron chi connectivity index (χ0n) is 74.4. The summed E-state index contributed by atoms with van der Waals surface area (Å²) >= 11 is 0. The van der Waals surface area contributed by atoms with Crippen LogP contribution >= 0.6 is 0 Å². The van der Waals surface area contributed by atoms with Crippen molar-refractivity contribution < 1.29 is 84.3 Å². The second-order valence-electron chi connectivity index (χ2n) is 30.6. The van der Waals surface area contributed by atoms with Crippen LogP contribution in [0.4, 0.5) is 0 Å². The molecule has 0 aliphatic rings. The molecule has 23 aromatic rings. The van der Waals surface area contributed by atoms with Crippen LogP contribution in [0, 0.1) is 86.6 Å². The molecule has 8 heteroatoms. The van der Waals surface area contributed by atoms with E-state index in [0.717, 1.165) is 89.5 Å². The van der Waals surface area contributed by atoms with Crippen LogP contribution in [0.25, 0.3) is 166 Å². The van der Waals surface area contributed by atoms with Crippen LogP contribution in [0.1, 0.15) is 11.1 Å². The third-order valence-electron chi connectivity index (χ3n) is 21.5. The zero-order chi connectivity index (χ0) is 89.8. The van der Waals surface area contributed by atoms with Crippen LogP contribution in [-0.2, 0) is 84.3 Å². The Bertz CT molecular complexity index is 6810. The van der Waals surface area contributed by atoms with Gasteiger partial charge < -0.3 is 19.9 Å². The average Bonchev–Trinajstić information content (AvgIpc) is 0.822. The van der Waals surface area contributed by atoms with E-state index in [9.17, 15) is 0 Å². The summed E-state index contributed by atoms with van der Waals surface area (Å²) in [4.78, 5) is 17.5. The van der Waals surface area contributed by atoms with E-state index >= 15 is 0 Å². The van der Waals surface area contributed by atoms with Crippen molar-refractivity contribution in [1.82, 2.24) is 19.9 Å². The molecule has 672 valence electrons. The summed E-state index contributed by atoms with van der Waals surface area (Å²) in [6.45, 7) is 4.18. The van der Waals surface area contributed by atoms with Crippen LogP contribution in [0.3, 0.4) is 0 Å². The Balaban J connectivity index is 0.000000140. The minimum absolute atomic E-state index is 0. The fourth-order valence-electron chi connectivity index (χ4n) is 15.0. The van der Waals surface area contributed by atoms with Gasteiger partial charge in [-0.1, -0.05) is 272 Å². The van der Waals surface area contributed by atoms with Gasteiger partial charge >= 0.3 is 0 Å². The molecule has 0 fully saturated rings. The first kappa shape index (κ1) is 101. The molecule has 4 aromatic heterocycles. The Morgan fingerprint density at radius 3 is 0.618 bits per heavy atom. The van der Waals surface area contributed by atoms with Crippen LogP contribution in [-0.4, -0.2) is 19.9 Å². The molecule has 23 rings (SSSR count). The molecular formula is C128H88N4Pt4-12. The van der Waals surface area contributed by atoms with Gasteiger partial charge in [-0.3, -0.25) is 0 Å². The number of rotatable bonds is 11. The van der Waals surface area contributed by atoms with Gasteiger partial charge in [-0.2, -0.15) is 164 Å². The second kappa shape index (κ2) is 53.5. The van der Waals surface area contributed by atoms with E-state index in [1.165, 1.54) is 87.6 Å². The Morgan fingerprint density at radius 2 is 0.368 bits per heavy atom. The molecule has 0 spiro atoms. The van der Waals surface area contributed by atoms with E-state index in [4.69, 9.17) is 0 Å². The maximum Gasteiger partial charge on any atom is 0.0160 e. The van der Waals surface area contributed by atoms with Crippen molar-refractivity contribution in [2.75, 3.05) is 0 Å². The SMILES string of the molecule is Cc1cc[c-]c(-c2[c-]ccc(C)c2)c1.[Pt].[Pt].[Pt].[Pt].[c-]1ccc(-c2ccccc2)cc1-c1[c-]ccc(-c2ccccc2)c1.[c-]1ccc2ccccc2c1-c1ccccn1.[c-]1ccc2ccccc2c1-c1ccccn1.[c-]1ccc2ccccc2c1-c1ccccn1.[c-]1ccc2ccccc2c1-c1ccccn1.[c-]1ccccc1-c1[c-]ccc(-c2ccccc2)c1.[c-]1ccccc1-c1[c-]cccc1. The number of hydrogen-bond donors (Lipinski definition) is 0. The quantitative estimate of drug-likeness (QED) is 0.121. The predicted octanol–water partition coefficient (Wildman–Crippen LogP) is 32.2. The number of aromatic nitrogens is 4. The summed E-state index contributed by atoms with van der Waals surface area (Å²) in [5.41, 5.74) is 26.7. The van der Waals surface area contributed by atoms with Gasteiger partial charge in [-0.15, -0.1) is 193 Å². The number of benzene rings is 19. The predicted molar refractivity (Wildman–Crippen MR) is 548 cm³/mol. The molecule has 19 aromatic carbocycles. The van der Waals surface area contributed by atoms with E-state index in [2.05, 4.69) is 319 Å². The molecule has 0 atom stereocenters. The number of aryl methyl sites for hydroxylation is 2. The first-order valence-corrected chi connectivity index (χ1v) is 43.7. The molecule has 0 saturated heterocycles. The van der Waals surface area contributed by atoms with Crippen molar-refractivity contribution in [1.29, 1.82) is 0 Å². The maximum absolute atomic E-state index is 4.37. The van der Waals surface area contributed by atoms with Crippen molar-refractivity contribution >= 4 is 43.1 Å². The maximum atomic E-state index is 4.37. The third-order valence-corrected chi connectivity index (χ3v) is 21.5. The smallest absolute Gasteiger partial charge is 0.0160 e. The topological polar surface area (TPSA) is 51.6 Å². The number of nitrogens with zero attached hydrogens (tertiary/aromatic N) is 4. The van der Waals surface area contributed by atoms with Gasteiger partial charge in [0, 0.05) is 109 Å². The van der Waals surface area contributed by atoms with Crippen LogP contribution in [0.5, 0.6) is 0 Å². The molecule has 0 bridgehead atoms. The Morgan fingerprint density at radius 1 is 0.154 bits per heavy atom. The Labute approximate surface area is 857 Å². The molecule has 0 amide bonds. The van der Waals surface area contributed by atoms with Gasteiger partial charge in [0.1, 0.15) is 0 Å². The largest absolute Gasteiger partial charge is 0.305 e. The molecule has 0 N–H and O–H groups in total. The molecule has 0 unspecified atom stereocenters. The van der Waals surface area contributed by atoms with E-state index in [-0.39, 0.29) is 84.3 Å². The van der Waals surface area contributed by atoms with Gasteiger partial charge in [0.2, 0.25) is 0 Å². The van der Waals surface area contributed by atoms with Crippen LogP contribution in [0.2, 0.25) is 0 Å². The standard InChI is InChI=1S/C24H16.C18H12.4C15H10N.C14H12.C12H8.4Pt/c1-3-9-19(10-4-1)21-13-7-15-23(17-21)24-16-8-14-22(18-24)20-11-5-2-6-12-20;1-3-8-15(9-4-1)17-12-7-13-18(14-17)16-10-5-2-6-11-16;4*1-2-8-13-12(6-1)7-5-9-14(13)15-10-3-4-11-16-15;1-11-5-3-7-13(9-11)14-8-4-6-12(2)10-14;1-3-7-11(8-4-1)12-9-5-2-6-10-12;;;;/h1-14,17-18H;1-10,12,14H;4*1-8,10-11H;3-6,9-10H,1-2H3;1-7,9H;;;;/q2*-2;4*-1;2*-2;;;;. The fourth-order valence-corrected chi connectivity index (χ4v) is 15.0. The summed E-state index contributed by atoms with van der Waals surface area (Å²) in [6.07, 6.45) is 7.24. The Hall–Kier alpha value is -14.4. The van der Waals surface area contributed by atoms with Crippen molar-refractivity contribution in [3.05, 3.63) is 582 Å². The average molecular weight is 2460 g/mol. The van der Waals surface area contributed by atoms with Gasteiger partial charge in [0.15, 0.2) is 0 Å². The van der Waals surface area contributed by atoms with E-state index in [0.29, 0.717) is 0 Å². The van der Waals surface area contributed by atoms with Crippen molar-refractivity contribution in [2.45, 2.75) is 13.8 Å². The summed E-state index contributed by atoms with van der Waals surface area (Å²) in [7, 11) is 0. The van der Waals surface area contributed by atoms with E-state index < -0.39 is 0 Å². The zero-order valence-corrected chi connectivity index (χ0v) is 83.5. The van der Waals surface area contributed by atoms with Crippen molar-refractivity contribution in [3.63, 3.8) is 0 Å². The normalized spacial score (nSPS) is 10.0. The first-order chi connectivity index (χ1) is 65.3. The minimum atomic E-state index is 0. The van der Waals surface area contributed by atoms with E-state index in [1.807, 2.05) is 286 Å².